The molecule has 2 amide bonds. The van der Waals surface area contributed by atoms with Gasteiger partial charge in [-0.05, 0) is 39.7 Å². The summed E-state index contributed by atoms with van der Waals surface area (Å²) in [5.74, 6) is -2.53. The van der Waals surface area contributed by atoms with Crippen LogP contribution >= 0.6 is 0 Å². The third-order valence-electron chi connectivity index (χ3n) is 7.27. The van der Waals surface area contributed by atoms with Gasteiger partial charge in [-0.3, -0.25) is 19.4 Å². The fourth-order valence-corrected chi connectivity index (χ4v) is 5.90. The van der Waals surface area contributed by atoms with Gasteiger partial charge in [-0.1, -0.05) is 0 Å². The number of hydrogen-bond acceptors (Lipinski definition) is 10. The molecule has 1 saturated carbocycles. The first-order chi connectivity index (χ1) is 17.8. The number of piperazine rings is 1. The largest absolute Gasteiger partial charge is 0.489 e. The van der Waals surface area contributed by atoms with E-state index in [1.165, 1.54) is 17.0 Å². The summed E-state index contributed by atoms with van der Waals surface area (Å²) in [4.78, 5) is 30.9. The Hall–Kier alpha value is -2.48. The maximum atomic E-state index is 14.7. The highest BCUT2D eigenvalue weighted by atomic mass is 32.2. The van der Waals surface area contributed by atoms with E-state index in [-0.39, 0.29) is 37.3 Å². The number of nitrogens with zero attached hydrogens (tertiary/aromatic N) is 3. The number of ether oxygens (including phenoxy) is 1. The van der Waals surface area contributed by atoms with Crippen LogP contribution < -0.4 is 13.8 Å². The molecule has 4 unspecified atom stereocenters. The summed E-state index contributed by atoms with van der Waals surface area (Å²) >= 11 is 0. The van der Waals surface area contributed by atoms with Crippen LogP contribution in [-0.4, -0.2) is 104 Å². The van der Waals surface area contributed by atoms with Gasteiger partial charge in [-0.25, -0.2) is 4.39 Å². The van der Waals surface area contributed by atoms with Crippen LogP contribution in [0.5, 0.6) is 11.5 Å². The molecule has 3 fully saturated rings. The summed E-state index contributed by atoms with van der Waals surface area (Å²) in [6.07, 6.45) is -0.521. The molecule has 0 bridgehead atoms. The number of rotatable bonds is 9. The van der Waals surface area contributed by atoms with Crippen LogP contribution in [0.15, 0.2) is 12.1 Å². The van der Waals surface area contributed by atoms with Crippen molar-refractivity contribution in [3.8, 4) is 11.5 Å². The van der Waals surface area contributed by atoms with E-state index in [0.29, 0.717) is 50.6 Å². The number of hydrogen-bond donors (Lipinski definition) is 2. The number of fused-ring (bicyclic) bond motifs is 1. The number of aliphatic hydroxyl groups excluding tert-OH is 2. The van der Waals surface area contributed by atoms with Gasteiger partial charge in [-0.15, -0.1) is 0 Å². The normalized spacial score (nSPS) is 26.7. The van der Waals surface area contributed by atoms with Gasteiger partial charge in [0, 0.05) is 44.9 Å². The zero-order valence-corrected chi connectivity index (χ0v) is 22.7. The molecule has 2 saturated heterocycles. The molecule has 38 heavy (non-hydrogen) atoms. The molecule has 13 heteroatoms. The van der Waals surface area contributed by atoms with E-state index >= 15 is 0 Å². The first-order valence-corrected chi connectivity index (χ1v) is 14.7. The Balaban J connectivity index is 1.32. The topological polar surface area (TPSA) is 137 Å². The van der Waals surface area contributed by atoms with Gasteiger partial charge in [0.1, 0.15) is 5.75 Å². The second-order valence-corrected chi connectivity index (χ2v) is 12.1. The Morgan fingerprint density at radius 3 is 2.08 bits per heavy atom. The van der Waals surface area contributed by atoms with Crippen LogP contribution in [0.2, 0.25) is 0 Å². The van der Waals surface area contributed by atoms with Crippen LogP contribution in [0, 0.1) is 17.7 Å². The van der Waals surface area contributed by atoms with Gasteiger partial charge < -0.3 is 24.0 Å². The Labute approximate surface area is 222 Å². The molecule has 2 heterocycles. The van der Waals surface area contributed by atoms with Gasteiger partial charge in [0.25, 0.3) is 0 Å². The molecule has 0 aromatic heterocycles. The van der Waals surface area contributed by atoms with Crippen molar-refractivity contribution in [3.63, 3.8) is 0 Å². The van der Waals surface area contributed by atoms with Gasteiger partial charge >= 0.3 is 10.1 Å². The van der Waals surface area contributed by atoms with Crippen molar-refractivity contribution < 1.29 is 41.5 Å². The van der Waals surface area contributed by atoms with Crippen molar-refractivity contribution in [3.05, 3.63) is 17.9 Å². The smallest absolute Gasteiger partial charge is 0.306 e. The molecule has 1 aromatic carbocycles. The van der Waals surface area contributed by atoms with Crippen LogP contribution in [-0.2, 0) is 19.7 Å². The number of halogens is 1. The number of anilines is 1. The summed E-state index contributed by atoms with van der Waals surface area (Å²) in [6.45, 7) is 7.05. The minimum absolute atomic E-state index is 0.110. The molecule has 2 aliphatic heterocycles. The minimum atomic E-state index is -3.91. The van der Waals surface area contributed by atoms with Crippen LogP contribution in [0.25, 0.3) is 0 Å². The monoisotopic (exact) mass is 557 g/mol. The van der Waals surface area contributed by atoms with E-state index < -0.39 is 45.7 Å². The second-order valence-electron chi connectivity index (χ2n) is 10.5. The third kappa shape index (κ3) is 6.38. The maximum Gasteiger partial charge on any atom is 0.306 e. The average Bonchev–Trinajstić information content (AvgIpc) is 3.05. The van der Waals surface area contributed by atoms with Crippen LogP contribution in [0.3, 0.4) is 0 Å². The van der Waals surface area contributed by atoms with Gasteiger partial charge in [0.05, 0.1) is 42.1 Å². The fourth-order valence-electron chi connectivity index (χ4n) is 5.45. The van der Waals surface area contributed by atoms with Crippen LogP contribution in [0.4, 0.5) is 10.1 Å². The molecule has 0 spiro atoms. The lowest BCUT2D eigenvalue weighted by Crippen LogP contribution is -2.47. The molecular formula is C25H36FN3O8S. The molecule has 1 aliphatic carbocycles. The van der Waals surface area contributed by atoms with Crippen LogP contribution in [0.1, 0.15) is 33.1 Å². The van der Waals surface area contributed by atoms with E-state index in [1.54, 1.807) is 0 Å². The Bertz CT molecular complexity index is 1130. The van der Waals surface area contributed by atoms with Crippen molar-refractivity contribution in [1.29, 1.82) is 0 Å². The lowest BCUT2D eigenvalue weighted by molar-refractivity contribution is -0.140. The van der Waals surface area contributed by atoms with E-state index in [9.17, 15) is 32.6 Å². The molecule has 11 nitrogen and oxygen atoms in total. The number of carbonyl (C=O) groups excluding carboxylic acids is 2. The maximum absolute atomic E-state index is 14.7. The quantitative estimate of drug-likeness (QED) is 0.328. The summed E-state index contributed by atoms with van der Waals surface area (Å²) in [5, 5.41) is 19.8. The highest BCUT2D eigenvalue weighted by molar-refractivity contribution is 7.86. The summed E-state index contributed by atoms with van der Waals surface area (Å²) in [6, 6.07) is 2.49. The number of imide groups is 1. The van der Waals surface area contributed by atoms with Gasteiger partial charge in [-0.2, -0.15) is 8.42 Å². The number of benzene rings is 1. The van der Waals surface area contributed by atoms with E-state index in [0.717, 1.165) is 6.26 Å². The summed E-state index contributed by atoms with van der Waals surface area (Å²) in [7, 11) is -3.91. The zero-order chi connectivity index (χ0) is 27.8. The number of amides is 2. The van der Waals surface area contributed by atoms with Crippen molar-refractivity contribution in [1.82, 2.24) is 9.80 Å². The van der Waals surface area contributed by atoms with Gasteiger partial charge in [0.2, 0.25) is 11.8 Å². The van der Waals surface area contributed by atoms with E-state index in [2.05, 4.69) is 4.90 Å². The van der Waals surface area contributed by atoms with Crippen molar-refractivity contribution in [2.45, 2.75) is 51.4 Å². The highest BCUT2D eigenvalue weighted by Gasteiger charge is 2.51. The first-order valence-electron chi connectivity index (χ1n) is 12.9. The SMILES string of the molecule is CC(C)Oc1cc(OS(C)(=O)=O)c(F)cc1N1CCN(CCCN2C(=O)C3CC(O)C(O)CC3C2=O)CC1. The van der Waals surface area contributed by atoms with E-state index in [4.69, 9.17) is 8.92 Å². The zero-order valence-electron chi connectivity index (χ0n) is 21.9. The van der Waals surface area contributed by atoms with Crippen molar-refractivity contribution >= 4 is 27.6 Å². The molecule has 1 aromatic rings. The molecule has 0 radical (unpaired) electrons. The lowest BCUT2D eigenvalue weighted by atomic mass is 9.78. The standard InChI is InChI=1S/C25H36FN3O8S/c1-15(2)36-23-14-22(37-38(3,34)35)18(26)13-19(23)28-9-7-27(8-10-28)5-4-6-29-24(32)16-11-20(30)21(31)12-17(16)25(29)33/h13-17,20-21,30-31H,4-12H2,1-3H3. The van der Waals surface area contributed by atoms with Gasteiger partial charge in [0.15, 0.2) is 11.6 Å². The molecule has 4 rings (SSSR count). The average molecular weight is 558 g/mol. The predicted octanol–water partition coefficient (Wildman–Crippen LogP) is 0.580. The van der Waals surface area contributed by atoms with Crippen molar-refractivity contribution in [2.24, 2.45) is 11.8 Å². The molecule has 2 N–H and O–H groups in total. The molecule has 212 valence electrons. The third-order valence-corrected chi connectivity index (χ3v) is 7.76. The summed E-state index contributed by atoms with van der Waals surface area (Å²) < 4.78 is 48.3. The Morgan fingerprint density at radius 2 is 1.55 bits per heavy atom. The lowest BCUT2D eigenvalue weighted by Gasteiger charge is -2.37. The fraction of sp³-hybridized carbons (Fsp3) is 0.680. The number of aliphatic hydroxyl groups is 2. The predicted molar refractivity (Wildman–Crippen MR) is 136 cm³/mol. The highest BCUT2D eigenvalue weighted by Crippen LogP contribution is 2.39. The minimum Gasteiger partial charge on any atom is -0.489 e. The second kappa shape index (κ2) is 11.3. The number of likely N-dealkylation sites (tertiary alicyclic amines) is 1. The Morgan fingerprint density at radius 1 is 0.974 bits per heavy atom. The van der Waals surface area contributed by atoms with Crippen molar-refractivity contribution in [2.75, 3.05) is 50.4 Å². The summed E-state index contributed by atoms with van der Waals surface area (Å²) in [5.41, 5.74) is 0.511. The number of carbonyl (C=O) groups is 2. The Kier molecular flexibility index (Phi) is 8.50. The molecule has 4 atom stereocenters. The van der Waals surface area contributed by atoms with E-state index in [1.807, 2.05) is 18.7 Å². The molecule has 3 aliphatic rings. The molecular weight excluding hydrogens is 521 g/mol. The first kappa shape index (κ1) is 28.5.